The monoisotopic (exact) mass is 526 g/mol. The summed E-state index contributed by atoms with van der Waals surface area (Å²) >= 11 is 0. The normalized spacial score (nSPS) is 14.2. The van der Waals surface area contributed by atoms with E-state index < -0.39 is 11.6 Å². The lowest BCUT2D eigenvalue weighted by atomic mass is 9.90. The number of halogens is 2. The van der Waals surface area contributed by atoms with Crippen LogP contribution in [0.1, 0.15) is 18.4 Å². The number of anilines is 2. The fourth-order valence-corrected chi connectivity index (χ4v) is 5.23. The summed E-state index contributed by atoms with van der Waals surface area (Å²) in [6.45, 7) is 1.51. The van der Waals surface area contributed by atoms with Crippen molar-refractivity contribution in [3.05, 3.63) is 90.0 Å². The van der Waals surface area contributed by atoms with E-state index in [0.717, 1.165) is 38.4 Å². The molecule has 0 unspecified atom stereocenters. The Balaban J connectivity index is 1.39. The Labute approximate surface area is 224 Å². The standard InChI is InChI=1S/C30H28F2N6O/c1-39-22-12-10-21(11-13-22)38-28(33)25-27(23-8-5-9-24(31)26(23)32)34-30(35-29(25)36-38)37-16-14-20(15-17-37)18-19-6-3-2-4-7-19/h2-13,20H,14-18,33H2,1H3. The van der Waals surface area contributed by atoms with Crippen LogP contribution in [0.5, 0.6) is 5.75 Å². The van der Waals surface area contributed by atoms with Crippen molar-refractivity contribution in [3.63, 3.8) is 0 Å². The molecule has 6 rings (SSSR count). The van der Waals surface area contributed by atoms with Gasteiger partial charge in [0, 0.05) is 18.7 Å². The number of nitrogen functional groups attached to an aromatic ring is 1. The van der Waals surface area contributed by atoms with Crippen molar-refractivity contribution in [2.45, 2.75) is 19.3 Å². The molecule has 0 radical (unpaired) electrons. The zero-order valence-electron chi connectivity index (χ0n) is 21.5. The molecular weight excluding hydrogens is 498 g/mol. The van der Waals surface area contributed by atoms with E-state index >= 15 is 4.39 Å². The fraction of sp³-hybridized carbons (Fsp3) is 0.233. The molecule has 1 saturated heterocycles. The predicted molar refractivity (Wildman–Crippen MR) is 148 cm³/mol. The molecule has 1 aliphatic heterocycles. The van der Waals surface area contributed by atoms with Crippen LogP contribution in [0.25, 0.3) is 28.0 Å². The zero-order chi connectivity index (χ0) is 26.9. The number of hydrogen-bond donors (Lipinski definition) is 1. The molecule has 3 aromatic carbocycles. The molecule has 0 spiro atoms. The Morgan fingerprint density at radius 3 is 2.38 bits per heavy atom. The van der Waals surface area contributed by atoms with Crippen LogP contribution in [0.2, 0.25) is 0 Å². The number of methoxy groups -OCH3 is 1. The summed E-state index contributed by atoms with van der Waals surface area (Å²) < 4.78 is 36.1. The van der Waals surface area contributed by atoms with Crippen LogP contribution in [0.15, 0.2) is 72.8 Å². The van der Waals surface area contributed by atoms with E-state index in [9.17, 15) is 4.39 Å². The Bertz CT molecular complexity index is 1610. The summed E-state index contributed by atoms with van der Waals surface area (Å²) in [4.78, 5) is 11.6. The second-order valence-corrected chi connectivity index (χ2v) is 9.79. The summed E-state index contributed by atoms with van der Waals surface area (Å²) in [6.07, 6.45) is 2.97. The number of nitrogens with two attached hydrogens (primary N) is 1. The van der Waals surface area contributed by atoms with Crippen LogP contribution < -0.4 is 15.4 Å². The summed E-state index contributed by atoms with van der Waals surface area (Å²) in [5, 5.41) is 5.03. The maximum Gasteiger partial charge on any atom is 0.228 e. The van der Waals surface area contributed by atoms with E-state index in [2.05, 4.69) is 34.3 Å². The summed E-state index contributed by atoms with van der Waals surface area (Å²) in [7, 11) is 1.59. The average molecular weight is 527 g/mol. The predicted octanol–water partition coefficient (Wildman–Crippen LogP) is 5.81. The van der Waals surface area contributed by atoms with Crippen molar-refractivity contribution in [3.8, 4) is 22.7 Å². The summed E-state index contributed by atoms with van der Waals surface area (Å²) in [6, 6.07) is 21.7. The van der Waals surface area contributed by atoms with Crippen LogP contribution in [0, 0.1) is 17.6 Å². The van der Waals surface area contributed by atoms with Crippen molar-refractivity contribution in [1.82, 2.24) is 19.7 Å². The van der Waals surface area contributed by atoms with Gasteiger partial charge in [0.25, 0.3) is 0 Å². The minimum atomic E-state index is -0.985. The van der Waals surface area contributed by atoms with Crippen molar-refractivity contribution in [2.75, 3.05) is 30.8 Å². The van der Waals surface area contributed by atoms with Gasteiger partial charge in [-0.05, 0) is 67.1 Å². The Hall–Kier alpha value is -4.53. The minimum Gasteiger partial charge on any atom is -0.497 e. The number of rotatable bonds is 6. The molecule has 198 valence electrons. The second kappa shape index (κ2) is 10.3. The maximum atomic E-state index is 15.1. The molecule has 1 aliphatic rings. The van der Waals surface area contributed by atoms with Gasteiger partial charge in [-0.15, -0.1) is 5.10 Å². The van der Waals surface area contributed by atoms with Crippen LogP contribution in [0.4, 0.5) is 20.5 Å². The molecule has 2 N–H and O–H groups in total. The first-order valence-corrected chi connectivity index (χ1v) is 13.0. The molecule has 39 heavy (non-hydrogen) atoms. The van der Waals surface area contributed by atoms with Gasteiger partial charge >= 0.3 is 0 Å². The third kappa shape index (κ3) is 4.76. The van der Waals surface area contributed by atoms with E-state index in [1.807, 2.05) is 18.2 Å². The van der Waals surface area contributed by atoms with Gasteiger partial charge in [-0.3, -0.25) is 0 Å². The highest BCUT2D eigenvalue weighted by Crippen LogP contribution is 2.36. The molecule has 3 heterocycles. The molecule has 9 heteroatoms. The Morgan fingerprint density at radius 2 is 1.67 bits per heavy atom. The fourth-order valence-electron chi connectivity index (χ4n) is 5.23. The van der Waals surface area contributed by atoms with Gasteiger partial charge in [-0.25, -0.2) is 18.4 Å². The highest BCUT2D eigenvalue weighted by atomic mass is 19.2. The first-order chi connectivity index (χ1) is 19.0. The van der Waals surface area contributed by atoms with E-state index in [1.165, 1.54) is 22.4 Å². The van der Waals surface area contributed by atoms with Gasteiger partial charge in [-0.1, -0.05) is 36.4 Å². The lowest BCUT2D eigenvalue weighted by molar-refractivity contribution is 0.401. The number of aromatic nitrogens is 4. The Morgan fingerprint density at radius 1 is 0.923 bits per heavy atom. The van der Waals surface area contributed by atoms with Crippen LogP contribution >= 0.6 is 0 Å². The molecule has 1 fully saturated rings. The quantitative estimate of drug-likeness (QED) is 0.301. The molecule has 0 bridgehead atoms. The SMILES string of the molecule is COc1ccc(-n2nc3nc(N4CCC(Cc5ccccc5)CC4)nc(-c4cccc(F)c4F)c3c2N)cc1. The van der Waals surface area contributed by atoms with E-state index in [0.29, 0.717) is 34.3 Å². The number of ether oxygens (including phenoxy) is 1. The number of nitrogens with zero attached hydrogens (tertiary/aromatic N) is 5. The number of benzene rings is 3. The van der Waals surface area contributed by atoms with Crippen molar-refractivity contribution in [2.24, 2.45) is 5.92 Å². The van der Waals surface area contributed by atoms with Gasteiger partial charge in [0.15, 0.2) is 17.3 Å². The van der Waals surface area contributed by atoms with Crippen molar-refractivity contribution < 1.29 is 13.5 Å². The second-order valence-electron chi connectivity index (χ2n) is 9.79. The first-order valence-electron chi connectivity index (χ1n) is 13.0. The number of fused-ring (bicyclic) bond motifs is 1. The lowest BCUT2D eigenvalue weighted by Crippen LogP contribution is -2.35. The topological polar surface area (TPSA) is 82.1 Å². The molecule has 0 aliphatic carbocycles. The van der Waals surface area contributed by atoms with Crippen molar-refractivity contribution >= 4 is 22.8 Å². The van der Waals surface area contributed by atoms with Gasteiger partial charge in [-0.2, -0.15) is 4.98 Å². The van der Waals surface area contributed by atoms with Crippen LogP contribution in [-0.2, 0) is 6.42 Å². The number of piperidine rings is 1. The van der Waals surface area contributed by atoms with Gasteiger partial charge in [0.1, 0.15) is 11.6 Å². The molecule has 7 nitrogen and oxygen atoms in total. The number of hydrogen-bond acceptors (Lipinski definition) is 6. The average Bonchev–Trinajstić information content (AvgIpc) is 3.31. The molecule has 5 aromatic rings. The third-order valence-corrected chi connectivity index (χ3v) is 7.35. The molecule has 0 atom stereocenters. The minimum absolute atomic E-state index is 0.0172. The highest BCUT2D eigenvalue weighted by molar-refractivity contribution is 5.99. The lowest BCUT2D eigenvalue weighted by Gasteiger charge is -2.32. The molecule has 0 saturated carbocycles. The summed E-state index contributed by atoms with van der Waals surface area (Å²) in [5.74, 6) is -0.0299. The van der Waals surface area contributed by atoms with E-state index in [-0.39, 0.29) is 17.1 Å². The molecule has 2 aromatic heterocycles. The van der Waals surface area contributed by atoms with Crippen LogP contribution in [0.3, 0.4) is 0 Å². The Kier molecular flexibility index (Phi) is 6.56. The van der Waals surface area contributed by atoms with Gasteiger partial charge in [0.05, 0.1) is 23.9 Å². The van der Waals surface area contributed by atoms with E-state index in [1.54, 1.807) is 19.2 Å². The third-order valence-electron chi connectivity index (χ3n) is 7.35. The largest absolute Gasteiger partial charge is 0.497 e. The first kappa shape index (κ1) is 24.8. The smallest absolute Gasteiger partial charge is 0.228 e. The van der Waals surface area contributed by atoms with E-state index in [4.69, 9.17) is 20.4 Å². The summed E-state index contributed by atoms with van der Waals surface area (Å²) in [5.41, 5.74) is 9.11. The zero-order valence-corrected chi connectivity index (χ0v) is 21.5. The van der Waals surface area contributed by atoms with Crippen molar-refractivity contribution in [1.29, 1.82) is 0 Å². The van der Waals surface area contributed by atoms with Crippen LogP contribution in [-0.4, -0.2) is 39.9 Å². The highest BCUT2D eigenvalue weighted by Gasteiger charge is 2.26. The molecular formula is C30H28F2N6O. The van der Waals surface area contributed by atoms with Gasteiger partial charge in [0.2, 0.25) is 5.95 Å². The maximum absolute atomic E-state index is 15.1. The van der Waals surface area contributed by atoms with Gasteiger partial charge < -0.3 is 15.4 Å². The molecule has 0 amide bonds.